The minimum absolute atomic E-state index is 0.312. The molecule has 1 amide bonds. The van der Waals surface area contributed by atoms with Crippen LogP contribution in [0.4, 0.5) is 4.39 Å². The second-order valence-electron chi connectivity index (χ2n) is 6.51. The van der Waals surface area contributed by atoms with E-state index in [-0.39, 0.29) is 0 Å². The summed E-state index contributed by atoms with van der Waals surface area (Å²) in [5, 5.41) is 11.8. The number of nitrogens with one attached hydrogen (secondary N) is 1. The van der Waals surface area contributed by atoms with E-state index in [1.165, 1.54) is 6.07 Å². The van der Waals surface area contributed by atoms with E-state index in [4.69, 9.17) is 5.73 Å². The molecule has 0 aliphatic carbocycles. The van der Waals surface area contributed by atoms with Crippen LogP contribution in [0.15, 0.2) is 48.5 Å². The summed E-state index contributed by atoms with van der Waals surface area (Å²) in [7, 11) is 0. The first-order chi connectivity index (χ1) is 12.9. The summed E-state index contributed by atoms with van der Waals surface area (Å²) < 4.78 is 14.5. The summed E-state index contributed by atoms with van der Waals surface area (Å²) in [6, 6.07) is 12.8. The van der Waals surface area contributed by atoms with Crippen LogP contribution in [0, 0.1) is 5.82 Å². The van der Waals surface area contributed by atoms with Crippen molar-refractivity contribution in [1.82, 2.24) is 5.32 Å². The Bertz CT molecular complexity index is 780. The smallest absolute Gasteiger partial charge is 0.326 e. The van der Waals surface area contributed by atoms with Crippen molar-refractivity contribution in [3.8, 4) is 11.1 Å². The number of aliphatic carboxylic acids is 1. The zero-order valence-electron chi connectivity index (χ0n) is 15.3. The number of hydrogen-bond acceptors (Lipinski definition) is 3. The number of carboxylic acids is 1. The maximum Gasteiger partial charge on any atom is 0.326 e. The first-order valence-electron chi connectivity index (χ1n) is 9.02. The van der Waals surface area contributed by atoms with E-state index in [0.29, 0.717) is 36.9 Å². The minimum Gasteiger partial charge on any atom is -0.480 e. The van der Waals surface area contributed by atoms with Gasteiger partial charge in [0.05, 0.1) is 5.92 Å². The molecule has 1 unspecified atom stereocenters. The fourth-order valence-electron chi connectivity index (χ4n) is 2.85. The third-order valence-electron chi connectivity index (χ3n) is 4.53. The Morgan fingerprint density at radius 1 is 1.15 bits per heavy atom. The molecule has 2 rings (SSSR count). The Morgan fingerprint density at radius 3 is 2.44 bits per heavy atom. The molecule has 0 aliphatic rings. The molecule has 0 saturated heterocycles. The third kappa shape index (κ3) is 5.62. The maximum absolute atomic E-state index is 14.5. The van der Waals surface area contributed by atoms with Crippen molar-refractivity contribution < 1.29 is 19.1 Å². The monoisotopic (exact) mass is 372 g/mol. The molecule has 0 spiro atoms. The van der Waals surface area contributed by atoms with E-state index in [1.807, 2.05) is 30.3 Å². The SMILES string of the molecule is CC(C(=O)N[C@@H](CCCCN)C(=O)O)c1ccc(-c2ccccc2)c(F)c1. The van der Waals surface area contributed by atoms with E-state index in [1.54, 1.807) is 19.1 Å². The van der Waals surface area contributed by atoms with Gasteiger partial charge in [-0.2, -0.15) is 0 Å². The zero-order chi connectivity index (χ0) is 19.8. The highest BCUT2D eigenvalue weighted by atomic mass is 19.1. The standard InChI is InChI=1S/C21H25FN2O3/c1-14(20(25)24-19(21(26)27)9-5-6-12-23)16-10-11-17(18(22)13-16)15-7-3-2-4-8-15/h2-4,7-8,10-11,13-14,19H,5-6,9,12,23H2,1H3,(H,24,25)(H,26,27)/t14?,19-/m0/s1. The molecule has 2 atom stereocenters. The molecule has 2 aromatic rings. The highest BCUT2D eigenvalue weighted by Gasteiger charge is 2.24. The van der Waals surface area contributed by atoms with Crippen LogP contribution in [-0.4, -0.2) is 29.6 Å². The molecular formula is C21H25FN2O3. The van der Waals surface area contributed by atoms with Gasteiger partial charge in [-0.15, -0.1) is 0 Å². The molecule has 27 heavy (non-hydrogen) atoms. The van der Waals surface area contributed by atoms with Crippen LogP contribution >= 0.6 is 0 Å². The number of nitrogens with two attached hydrogens (primary N) is 1. The number of rotatable bonds is 9. The molecule has 4 N–H and O–H groups in total. The largest absolute Gasteiger partial charge is 0.480 e. The molecule has 5 nitrogen and oxygen atoms in total. The van der Waals surface area contributed by atoms with E-state index in [2.05, 4.69) is 5.32 Å². The minimum atomic E-state index is -1.09. The van der Waals surface area contributed by atoms with Gasteiger partial charge >= 0.3 is 5.97 Å². The predicted octanol–water partition coefficient (Wildman–Crippen LogP) is 3.29. The summed E-state index contributed by atoms with van der Waals surface area (Å²) >= 11 is 0. The highest BCUT2D eigenvalue weighted by molar-refractivity contribution is 5.88. The van der Waals surface area contributed by atoms with Crippen LogP contribution in [0.5, 0.6) is 0 Å². The summed E-state index contributed by atoms with van der Waals surface area (Å²) in [6.45, 7) is 2.11. The molecule has 0 heterocycles. The lowest BCUT2D eigenvalue weighted by Gasteiger charge is -2.18. The lowest BCUT2D eigenvalue weighted by Crippen LogP contribution is -2.42. The number of carbonyl (C=O) groups is 2. The van der Waals surface area contributed by atoms with Crippen LogP contribution in [0.3, 0.4) is 0 Å². The van der Waals surface area contributed by atoms with Crippen molar-refractivity contribution in [2.75, 3.05) is 6.54 Å². The van der Waals surface area contributed by atoms with Gasteiger partial charge in [0.1, 0.15) is 11.9 Å². The number of benzene rings is 2. The van der Waals surface area contributed by atoms with Gasteiger partial charge in [0.15, 0.2) is 0 Å². The van der Waals surface area contributed by atoms with Crippen LogP contribution < -0.4 is 11.1 Å². The lowest BCUT2D eigenvalue weighted by molar-refractivity contribution is -0.142. The number of unbranched alkanes of at least 4 members (excludes halogenated alkanes) is 1. The number of carboxylic acid groups (broad SMARTS) is 1. The summed E-state index contributed by atoms with van der Waals surface area (Å²) in [4.78, 5) is 23.8. The van der Waals surface area contributed by atoms with Crippen LogP contribution in [-0.2, 0) is 9.59 Å². The second kappa shape index (κ2) is 9.83. The number of halogens is 1. The molecular weight excluding hydrogens is 347 g/mol. The lowest BCUT2D eigenvalue weighted by atomic mass is 9.96. The Morgan fingerprint density at radius 2 is 1.85 bits per heavy atom. The topological polar surface area (TPSA) is 92.4 Å². The normalized spacial score (nSPS) is 13.0. The molecule has 6 heteroatoms. The molecule has 0 aromatic heterocycles. The molecule has 0 bridgehead atoms. The van der Waals surface area contributed by atoms with Gasteiger partial charge in [0, 0.05) is 5.56 Å². The van der Waals surface area contributed by atoms with E-state index in [0.717, 1.165) is 5.56 Å². The van der Waals surface area contributed by atoms with Gasteiger partial charge in [0.2, 0.25) is 5.91 Å². The number of carbonyl (C=O) groups excluding carboxylic acids is 1. The van der Waals surface area contributed by atoms with Gasteiger partial charge in [-0.25, -0.2) is 9.18 Å². The Hall–Kier alpha value is -2.73. The van der Waals surface area contributed by atoms with E-state index in [9.17, 15) is 19.1 Å². The first-order valence-corrected chi connectivity index (χ1v) is 9.02. The molecule has 144 valence electrons. The molecule has 0 aliphatic heterocycles. The predicted molar refractivity (Wildman–Crippen MR) is 103 cm³/mol. The molecule has 0 saturated carbocycles. The maximum atomic E-state index is 14.5. The highest BCUT2D eigenvalue weighted by Crippen LogP contribution is 2.26. The summed E-state index contributed by atoms with van der Waals surface area (Å²) in [6.07, 6.45) is 1.62. The van der Waals surface area contributed by atoms with Gasteiger partial charge in [-0.3, -0.25) is 4.79 Å². The fourth-order valence-corrected chi connectivity index (χ4v) is 2.85. The first kappa shape index (κ1) is 20.6. The van der Waals surface area contributed by atoms with Crippen molar-refractivity contribution in [3.63, 3.8) is 0 Å². The average molecular weight is 372 g/mol. The average Bonchev–Trinajstić information content (AvgIpc) is 2.67. The van der Waals surface area contributed by atoms with Crippen molar-refractivity contribution in [2.24, 2.45) is 5.73 Å². The van der Waals surface area contributed by atoms with Crippen molar-refractivity contribution >= 4 is 11.9 Å². The summed E-state index contributed by atoms with van der Waals surface area (Å²) in [5.41, 5.74) is 7.12. The van der Waals surface area contributed by atoms with Crippen molar-refractivity contribution in [1.29, 1.82) is 0 Å². The van der Waals surface area contributed by atoms with Crippen molar-refractivity contribution in [2.45, 2.75) is 38.1 Å². The van der Waals surface area contributed by atoms with Crippen LogP contribution in [0.1, 0.15) is 37.7 Å². The Kier molecular flexibility index (Phi) is 7.49. The van der Waals surface area contributed by atoms with Gasteiger partial charge in [-0.05, 0) is 49.9 Å². The fraction of sp³-hybridized carbons (Fsp3) is 0.333. The van der Waals surface area contributed by atoms with E-state index < -0.39 is 29.7 Å². The van der Waals surface area contributed by atoms with E-state index >= 15 is 0 Å². The quantitative estimate of drug-likeness (QED) is 0.589. The van der Waals surface area contributed by atoms with Gasteiger partial charge < -0.3 is 16.2 Å². The number of hydrogen-bond donors (Lipinski definition) is 3. The Balaban J connectivity index is 2.09. The van der Waals surface area contributed by atoms with Crippen LogP contribution in [0.2, 0.25) is 0 Å². The van der Waals surface area contributed by atoms with Crippen molar-refractivity contribution in [3.05, 3.63) is 59.9 Å². The third-order valence-corrected chi connectivity index (χ3v) is 4.53. The Labute approximate surface area is 158 Å². The second-order valence-corrected chi connectivity index (χ2v) is 6.51. The zero-order valence-corrected chi connectivity index (χ0v) is 15.3. The number of amides is 1. The molecule has 2 aromatic carbocycles. The molecule has 0 radical (unpaired) electrons. The van der Waals surface area contributed by atoms with Gasteiger partial charge in [0.25, 0.3) is 0 Å². The summed E-state index contributed by atoms with van der Waals surface area (Å²) in [5.74, 6) is -2.61. The molecule has 0 fully saturated rings. The van der Waals surface area contributed by atoms with Crippen LogP contribution in [0.25, 0.3) is 11.1 Å². The van der Waals surface area contributed by atoms with Gasteiger partial charge in [-0.1, -0.05) is 42.5 Å².